The fourth-order valence-corrected chi connectivity index (χ4v) is 2.69. The summed E-state index contributed by atoms with van der Waals surface area (Å²) in [5, 5.41) is 13.4. The number of nitro benzene ring substituents is 1. The molecule has 1 saturated heterocycles. The first-order valence-corrected chi connectivity index (χ1v) is 8.48. The zero-order valence-corrected chi connectivity index (χ0v) is 14.2. The van der Waals surface area contributed by atoms with Crippen molar-refractivity contribution in [3.8, 4) is 5.75 Å². The molecule has 1 aliphatic rings. The Kier molecular flexibility index (Phi) is 5.80. The highest BCUT2D eigenvalue weighted by Gasteiger charge is 2.16. The Hall–Kier alpha value is -2.93. The normalized spacial score (nSPS) is 16.2. The molecule has 2 aromatic rings. The number of hydrogen-bond donors (Lipinski definition) is 1. The van der Waals surface area contributed by atoms with Gasteiger partial charge in [0, 0.05) is 30.8 Å². The molecule has 136 valence electrons. The second-order valence-electron chi connectivity index (χ2n) is 6.08. The van der Waals surface area contributed by atoms with Crippen LogP contribution in [0.2, 0.25) is 0 Å². The predicted molar refractivity (Wildman–Crippen MR) is 95.2 cm³/mol. The average molecular weight is 356 g/mol. The number of non-ortho nitro benzene ring substituents is 1. The van der Waals surface area contributed by atoms with E-state index in [1.165, 1.54) is 24.3 Å². The van der Waals surface area contributed by atoms with E-state index in [0.29, 0.717) is 18.7 Å². The fraction of sp³-hybridized carbons (Fsp3) is 0.316. The third kappa shape index (κ3) is 4.80. The predicted octanol–water partition coefficient (Wildman–Crippen LogP) is 3.08. The lowest BCUT2D eigenvalue weighted by atomic mass is 10.1. The Bertz CT molecular complexity index is 753. The van der Waals surface area contributed by atoms with E-state index in [4.69, 9.17) is 9.47 Å². The molecule has 7 heteroatoms. The van der Waals surface area contributed by atoms with E-state index in [0.717, 1.165) is 30.8 Å². The quantitative estimate of drug-likeness (QED) is 0.608. The van der Waals surface area contributed by atoms with Crippen molar-refractivity contribution < 1.29 is 19.2 Å². The highest BCUT2D eigenvalue weighted by atomic mass is 16.6. The molecule has 0 saturated carbocycles. The molecule has 0 spiro atoms. The van der Waals surface area contributed by atoms with Crippen LogP contribution in [0.25, 0.3) is 0 Å². The van der Waals surface area contributed by atoms with E-state index < -0.39 is 4.92 Å². The van der Waals surface area contributed by atoms with Crippen LogP contribution in [0.15, 0.2) is 48.5 Å². The smallest absolute Gasteiger partial charge is 0.269 e. The summed E-state index contributed by atoms with van der Waals surface area (Å²) in [5.41, 5.74) is 1.27. The molecule has 1 aliphatic heterocycles. The molecule has 1 amide bonds. The van der Waals surface area contributed by atoms with Gasteiger partial charge in [0.25, 0.3) is 11.6 Å². The zero-order chi connectivity index (χ0) is 18.4. The molecule has 0 aromatic heterocycles. The minimum atomic E-state index is -0.496. The van der Waals surface area contributed by atoms with Crippen LogP contribution in [0, 0.1) is 10.1 Å². The number of rotatable bonds is 7. The van der Waals surface area contributed by atoms with Gasteiger partial charge in [-0.1, -0.05) is 12.1 Å². The van der Waals surface area contributed by atoms with Gasteiger partial charge in [-0.05, 0) is 42.7 Å². The fourth-order valence-electron chi connectivity index (χ4n) is 2.69. The summed E-state index contributed by atoms with van der Waals surface area (Å²) in [6, 6.07) is 13.0. The number of ether oxygens (including phenoxy) is 2. The molecule has 0 aliphatic carbocycles. The molecular formula is C19H20N2O5. The van der Waals surface area contributed by atoms with E-state index in [1.807, 2.05) is 24.3 Å². The molecule has 0 bridgehead atoms. The van der Waals surface area contributed by atoms with E-state index in [1.54, 1.807) is 0 Å². The summed E-state index contributed by atoms with van der Waals surface area (Å²) in [4.78, 5) is 22.2. The Morgan fingerprint density at radius 2 is 1.92 bits per heavy atom. The van der Waals surface area contributed by atoms with Crippen LogP contribution in [0.1, 0.15) is 28.8 Å². The van der Waals surface area contributed by atoms with Crippen molar-refractivity contribution in [3.63, 3.8) is 0 Å². The number of carbonyl (C=O) groups excluding carboxylic acids is 1. The van der Waals surface area contributed by atoms with Gasteiger partial charge in [0.2, 0.25) is 0 Å². The molecule has 0 radical (unpaired) electrons. The number of benzene rings is 2. The minimum Gasteiger partial charge on any atom is -0.491 e. The van der Waals surface area contributed by atoms with Gasteiger partial charge in [-0.3, -0.25) is 14.9 Å². The Balaban J connectivity index is 1.47. The highest BCUT2D eigenvalue weighted by molar-refractivity contribution is 5.94. The van der Waals surface area contributed by atoms with Gasteiger partial charge >= 0.3 is 0 Å². The van der Waals surface area contributed by atoms with Crippen molar-refractivity contribution in [2.45, 2.75) is 25.5 Å². The summed E-state index contributed by atoms with van der Waals surface area (Å²) in [7, 11) is 0. The summed E-state index contributed by atoms with van der Waals surface area (Å²) >= 11 is 0. The SMILES string of the molecule is O=C(NCc1ccc(OC[C@H]2CCCO2)cc1)c1ccc([N+](=O)[O-])cc1. The molecule has 1 atom stereocenters. The molecule has 3 rings (SSSR count). The standard InChI is InChI=1S/C19H20N2O5/c22-19(15-5-7-16(8-6-15)21(23)24)20-12-14-3-9-17(10-4-14)26-13-18-2-1-11-25-18/h3-10,18H,1-2,11-13H2,(H,20,22)/t18-/m1/s1. The first kappa shape index (κ1) is 17.9. The van der Waals surface area contributed by atoms with E-state index >= 15 is 0 Å². The first-order chi connectivity index (χ1) is 12.6. The third-order valence-electron chi connectivity index (χ3n) is 4.18. The van der Waals surface area contributed by atoms with Crippen molar-refractivity contribution in [2.24, 2.45) is 0 Å². The molecular weight excluding hydrogens is 336 g/mol. The van der Waals surface area contributed by atoms with Gasteiger partial charge < -0.3 is 14.8 Å². The van der Waals surface area contributed by atoms with Crippen LogP contribution in [0.4, 0.5) is 5.69 Å². The monoisotopic (exact) mass is 356 g/mol. The highest BCUT2D eigenvalue weighted by Crippen LogP contribution is 2.17. The molecule has 1 heterocycles. The minimum absolute atomic E-state index is 0.0415. The molecule has 2 aromatic carbocycles. The van der Waals surface area contributed by atoms with E-state index in [-0.39, 0.29) is 17.7 Å². The van der Waals surface area contributed by atoms with E-state index in [2.05, 4.69) is 5.32 Å². The number of amides is 1. The van der Waals surface area contributed by atoms with Gasteiger partial charge in [-0.2, -0.15) is 0 Å². The lowest BCUT2D eigenvalue weighted by Crippen LogP contribution is -2.22. The van der Waals surface area contributed by atoms with Crippen molar-refractivity contribution in [3.05, 3.63) is 69.8 Å². The van der Waals surface area contributed by atoms with Gasteiger partial charge in [-0.25, -0.2) is 0 Å². The van der Waals surface area contributed by atoms with Crippen molar-refractivity contribution in [2.75, 3.05) is 13.2 Å². The number of hydrogen-bond acceptors (Lipinski definition) is 5. The lowest BCUT2D eigenvalue weighted by molar-refractivity contribution is -0.384. The topological polar surface area (TPSA) is 90.7 Å². The van der Waals surface area contributed by atoms with Crippen LogP contribution in [-0.2, 0) is 11.3 Å². The van der Waals surface area contributed by atoms with Gasteiger partial charge in [0.1, 0.15) is 12.4 Å². The number of carbonyl (C=O) groups is 1. The van der Waals surface area contributed by atoms with Crippen molar-refractivity contribution >= 4 is 11.6 Å². The van der Waals surface area contributed by atoms with Crippen LogP contribution in [0.5, 0.6) is 5.75 Å². The van der Waals surface area contributed by atoms with Crippen LogP contribution in [-0.4, -0.2) is 30.1 Å². The van der Waals surface area contributed by atoms with Gasteiger partial charge in [-0.15, -0.1) is 0 Å². The second-order valence-corrected chi connectivity index (χ2v) is 6.08. The third-order valence-corrected chi connectivity index (χ3v) is 4.18. The summed E-state index contributed by atoms with van der Waals surface area (Å²) in [6.07, 6.45) is 2.30. The molecule has 7 nitrogen and oxygen atoms in total. The number of nitrogens with zero attached hydrogens (tertiary/aromatic N) is 1. The summed E-state index contributed by atoms with van der Waals surface area (Å²) in [6.45, 7) is 1.72. The van der Waals surface area contributed by atoms with E-state index in [9.17, 15) is 14.9 Å². The largest absolute Gasteiger partial charge is 0.491 e. The van der Waals surface area contributed by atoms with Crippen molar-refractivity contribution in [1.29, 1.82) is 0 Å². The maximum Gasteiger partial charge on any atom is 0.269 e. The summed E-state index contributed by atoms with van der Waals surface area (Å²) in [5.74, 6) is 0.490. The Labute approximate surface area is 151 Å². The van der Waals surface area contributed by atoms with Crippen molar-refractivity contribution in [1.82, 2.24) is 5.32 Å². The average Bonchev–Trinajstić information content (AvgIpc) is 3.19. The summed E-state index contributed by atoms with van der Waals surface area (Å²) < 4.78 is 11.2. The van der Waals surface area contributed by atoms with Gasteiger partial charge in [0.05, 0.1) is 11.0 Å². The van der Waals surface area contributed by atoms with Crippen LogP contribution in [0.3, 0.4) is 0 Å². The molecule has 0 unspecified atom stereocenters. The maximum absolute atomic E-state index is 12.1. The molecule has 1 fully saturated rings. The number of nitro groups is 1. The van der Waals surface area contributed by atoms with Crippen LogP contribution < -0.4 is 10.1 Å². The lowest BCUT2D eigenvalue weighted by Gasteiger charge is -2.12. The first-order valence-electron chi connectivity index (χ1n) is 8.48. The molecule has 26 heavy (non-hydrogen) atoms. The maximum atomic E-state index is 12.1. The Morgan fingerprint density at radius 1 is 1.19 bits per heavy atom. The zero-order valence-electron chi connectivity index (χ0n) is 14.2. The molecule has 1 N–H and O–H groups in total. The van der Waals surface area contributed by atoms with Crippen LogP contribution >= 0.6 is 0 Å². The number of nitrogens with one attached hydrogen (secondary N) is 1. The van der Waals surface area contributed by atoms with Gasteiger partial charge in [0.15, 0.2) is 0 Å². The Morgan fingerprint density at radius 3 is 2.54 bits per heavy atom. The second kappa shape index (κ2) is 8.44.